The van der Waals surface area contributed by atoms with E-state index in [4.69, 9.17) is 0 Å². The lowest BCUT2D eigenvalue weighted by Crippen LogP contribution is -2.48. The van der Waals surface area contributed by atoms with Crippen LogP contribution in [0.1, 0.15) is 23.4 Å². The Balaban J connectivity index is 1.24. The van der Waals surface area contributed by atoms with Crippen molar-refractivity contribution in [2.45, 2.75) is 26.7 Å². The molecule has 0 radical (unpaired) electrons. The summed E-state index contributed by atoms with van der Waals surface area (Å²) in [5, 5.41) is 8.29. The van der Waals surface area contributed by atoms with Gasteiger partial charge in [0.2, 0.25) is 11.6 Å². The van der Waals surface area contributed by atoms with Crippen molar-refractivity contribution >= 4 is 17.2 Å². The fourth-order valence-electron chi connectivity index (χ4n) is 4.43. The molecular weight excluding hydrogens is 447 g/mol. The van der Waals surface area contributed by atoms with Crippen LogP contribution in [0.2, 0.25) is 0 Å². The number of amides is 1. The zero-order chi connectivity index (χ0) is 24.5. The van der Waals surface area contributed by atoms with E-state index in [9.17, 15) is 14.0 Å². The Hall–Kier alpha value is -4.01. The van der Waals surface area contributed by atoms with Crippen molar-refractivity contribution < 1.29 is 9.18 Å². The standard InChI is InChI=1S/C26H27FN6O2/c1-18-3-6-22(17-19(18)2)32-15-16-33-23(28-29-25(33)26(32)35)9-10-24(34)31-13-11-30(12-14-31)21-7-4-20(27)5-8-21/h3-8,15-17H,9-14H2,1-2H3. The molecule has 180 valence electrons. The number of hydrogen-bond acceptors (Lipinski definition) is 5. The molecule has 4 aromatic rings. The van der Waals surface area contributed by atoms with Gasteiger partial charge >= 0.3 is 5.56 Å². The lowest BCUT2D eigenvalue weighted by molar-refractivity contribution is -0.131. The monoisotopic (exact) mass is 474 g/mol. The van der Waals surface area contributed by atoms with Gasteiger partial charge in [-0.3, -0.25) is 18.6 Å². The van der Waals surface area contributed by atoms with Crippen molar-refractivity contribution in [3.63, 3.8) is 0 Å². The highest BCUT2D eigenvalue weighted by Crippen LogP contribution is 2.18. The molecule has 0 spiro atoms. The summed E-state index contributed by atoms with van der Waals surface area (Å²) >= 11 is 0. The fourth-order valence-corrected chi connectivity index (χ4v) is 4.43. The molecule has 1 amide bonds. The molecule has 8 nitrogen and oxygen atoms in total. The minimum atomic E-state index is -0.257. The molecule has 3 heterocycles. The number of aryl methyl sites for hydroxylation is 3. The molecule has 1 saturated heterocycles. The second-order valence-corrected chi connectivity index (χ2v) is 8.90. The second kappa shape index (κ2) is 9.32. The van der Waals surface area contributed by atoms with Gasteiger partial charge in [0.25, 0.3) is 0 Å². The van der Waals surface area contributed by atoms with Crippen molar-refractivity contribution in [2.75, 3.05) is 31.1 Å². The molecule has 0 unspecified atom stereocenters. The molecule has 2 aromatic heterocycles. The lowest BCUT2D eigenvalue weighted by Gasteiger charge is -2.36. The van der Waals surface area contributed by atoms with Gasteiger partial charge in [-0.25, -0.2) is 4.39 Å². The van der Waals surface area contributed by atoms with Crippen LogP contribution in [0.5, 0.6) is 0 Å². The number of carbonyl (C=O) groups excluding carboxylic acids is 1. The van der Waals surface area contributed by atoms with Gasteiger partial charge in [0, 0.05) is 62.8 Å². The summed E-state index contributed by atoms with van der Waals surface area (Å²) in [4.78, 5) is 29.8. The highest BCUT2D eigenvalue weighted by Gasteiger charge is 2.22. The van der Waals surface area contributed by atoms with Gasteiger partial charge in [-0.15, -0.1) is 10.2 Å². The van der Waals surface area contributed by atoms with Gasteiger partial charge in [0.1, 0.15) is 11.6 Å². The van der Waals surface area contributed by atoms with Crippen molar-refractivity contribution in [1.29, 1.82) is 0 Å². The van der Waals surface area contributed by atoms with Crippen molar-refractivity contribution in [3.8, 4) is 5.69 Å². The number of fused-ring (bicyclic) bond motifs is 1. The Morgan fingerprint density at radius 1 is 0.914 bits per heavy atom. The predicted molar refractivity (Wildman–Crippen MR) is 132 cm³/mol. The average molecular weight is 475 g/mol. The number of nitrogens with zero attached hydrogens (tertiary/aromatic N) is 6. The maximum absolute atomic E-state index is 13.2. The van der Waals surface area contributed by atoms with E-state index in [1.54, 1.807) is 33.5 Å². The molecule has 0 atom stereocenters. The van der Waals surface area contributed by atoms with E-state index in [-0.39, 0.29) is 29.4 Å². The Morgan fingerprint density at radius 3 is 2.34 bits per heavy atom. The van der Waals surface area contributed by atoms with Gasteiger partial charge in [0.05, 0.1) is 0 Å². The smallest absolute Gasteiger partial charge is 0.300 e. The Kier molecular flexibility index (Phi) is 6.07. The SMILES string of the molecule is Cc1ccc(-n2ccn3c(CCC(=O)N4CCN(c5ccc(F)cc5)CC4)nnc3c2=O)cc1C. The van der Waals surface area contributed by atoms with Gasteiger partial charge < -0.3 is 9.80 Å². The van der Waals surface area contributed by atoms with Crippen LogP contribution < -0.4 is 10.5 Å². The predicted octanol–water partition coefficient (Wildman–Crippen LogP) is 2.92. The minimum absolute atomic E-state index is 0.0454. The largest absolute Gasteiger partial charge is 0.368 e. The van der Waals surface area contributed by atoms with Crippen LogP contribution in [0, 0.1) is 19.7 Å². The highest BCUT2D eigenvalue weighted by atomic mass is 19.1. The molecular formula is C26H27FN6O2. The number of anilines is 1. The highest BCUT2D eigenvalue weighted by molar-refractivity contribution is 5.76. The fraction of sp³-hybridized carbons (Fsp3) is 0.308. The zero-order valence-corrected chi connectivity index (χ0v) is 19.8. The molecule has 0 bridgehead atoms. The molecule has 0 N–H and O–H groups in total. The lowest BCUT2D eigenvalue weighted by atomic mass is 10.1. The summed E-state index contributed by atoms with van der Waals surface area (Å²) < 4.78 is 16.4. The molecule has 1 aliphatic heterocycles. The normalized spacial score (nSPS) is 14.0. The Morgan fingerprint density at radius 2 is 1.63 bits per heavy atom. The summed E-state index contributed by atoms with van der Waals surface area (Å²) in [6.07, 6.45) is 4.17. The van der Waals surface area contributed by atoms with E-state index in [2.05, 4.69) is 15.1 Å². The first kappa shape index (κ1) is 22.8. The van der Waals surface area contributed by atoms with E-state index in [1.807, 2.05) is 36.9 Å². The third kappa shape index (κ3) is 4.53. The van der Waals surface area contributed by atoms with E-state index < -0.39 is 0 Å². The first-order valence-corrected chi connectivity index (χ1v) is 11.7. The van der Waals surface area contributed by atoms with Crippen LogP contribution in [0.3, 0.4) is 0 Å². The number of hydrogen-bond donors (Lipinski definition) is 0. The van der Waals surface area contributed by atoms with Crippen molar-refractivity contribution in [2.24, 2.45) is 0 Å². The van der Waals surface area contributed by atoms with Crippen molar-refractivity contribution in [1.82, 2.24) is 24.1 Å². The molecule has 1 fully saturated rings. The van der Waals surface area contributed by atoms with Gasteiger partial charge in [-0.1, -0.05) is 6.07 Å². The van der Waals surface area contributed by atoms with Crippen LogP contribution >= 0.6 is 0 Å². The number of halogens is 1. The van der Waals surface area contributed by atoms with Crippen molar-refractivity contribution in [3.05, 3.63) is 88.0 Å². The number of carbonyl (C=O) groups is 1. The maximum atomic E-state index is 13.2. The van der Waals surface area contributed by atoms with E-state index in [0.29, 0.717) is 38.4 Å². The van der Waals surface area contributed by atoms with Gasteiger partial charge in [0.15, 0.2) is 0 Å². The maximum Gasteiger partial charge on any atom is 0.300 e. The Bertz CT molecular complexity index is 1430. The average Bonchev–Trinajstić information content (AvgIpc) is 3.29. The molecule has 5 rings (SSSR count). The zero-order valence-electron chi connectivity index (χ0n) is 19.8. The third-order valence-corrected chi connectivity index (χ3v) is 6.70. The molecule has 0 aliphatic carbocycles. The van der Waals surface area contributed by atoms with E-state index in [1.165, 1.54) is 12.1 Å². The number of piperazine rings is 1. The van der Waals surface area contributed by atoms with Crippen LogP contribution in [0.15, 0.2) is 59.7 Å². The molecule has 0 saturated carbocycles. The molecule has 2 aromatic carbocycles. The summed E-state index contributed by atoms with van der Waals surface area (Å²) in [6, 6.07) is 12.3. The van der Waals surface area contributed by atoms with Crippen LogP contribution in [0.4, 0.5) is 10.1 Å². The summed E-state index contributed by atoms with van der Waals surface area (Å²) in [7, 11) is 0. The second-order valence-electron chi connectivity index (χ2n) is 8.90. The van der Waals surface area contributed by atoms with Crippen LogP contribution in [-0.4, -0.2) is 56.2 Å². The van der Waals surface area contributed by atoms with E-state index >= 15 is 0 Å². The van der Waals surface area contributed by atoms with Crippen LogP contribution in [0.25, 0.3) is 11.3 Å². The van der Waals surface area contributed by atoms with E-state index in [0.717, 1.165) is 22.5 Å². The van der Waals surface area contributed by atoms with Gasteiger partial charge in [-0.2, -0.15) is 0 Å². The number of benzene rings is 2. The summed E-state index contributed by atoms with van der Waals surface area (Å²) in [5.74, 6) is 0.374. The third-order valence-electron chi connectivity index (χ3n) is 6.70. The molecule has 9 heteroatoms. The number of rotatable bonds is 5. The summed E-state index contributed by atoms with van der Waals surface area (Å²) in [6.45, 7) is 6.65. The van der Waals surface area contributed by atoms with Gasteiger partial charge in [-0.05, 0) is 61.4 Å². The number of aromatic nitrogens is 4. The first-order valence-electron chi connectivity index (χ1n) is 11.7. The minimum Gasteiger partial charge on any atom is -0.368 e. The van der Waals surface area contributed by atoms with Crippen LogP contribution in [-0.2, 0) is 11.2 Å². The molecule has 1 aliphatic rings. The Labute approximate surface area is 202 Å². The topological polar surface area (TPSA) is 75.7 Å². The molecule has 35 heavy (non-hydrogen) atoms. The quantitative estimate of drug-likeness (QED) is 0.445. The summed E-state index contributed by atoms with van der Waals surface area (Å²) in [5.41, 5.74) is 3.99. The first-order chi connectivity index (χ1) is 16.9.